The molecule has 1 aromatic heterocycles. The van der Waals surface area contributed by atoms with Crippen LogP contribution in [-0.2, 0) is 11.3 Å². The lowest BCUT2D eigenvalue weighted by molar-refractivity contribution is -0.136. The molecule has 0 spiro atoms. The molecule has 0 aliphatic carbocycles. The van der Waals surface area contributed by atoms with Crippen molar-refractivity contribution < 1.29 is 4.79 Å². The molecule has 7 nitrogen and oxygen atoms in total. The molecule has 1 aliphatic rings. The number of hydrogen-bond acceptors (Lipinski definition) is 5. The van der Waals surface area contributed by atoms with Crippen LogP contribution >= 0.6 is 0 Å². The van der Waals surface area contributed by atoms with Gasteiger partial charge in [0.25, 0.3) is 0 Å². The van der Waals surface area contributed by atoms with Gasteiger partial charge in [0.2, 0.25) is 5.91 Å². The Balaban J connectivity index is 2.02. The molecule has 2 unspecified atom stereocenters. The van der Waals surface area contributed by atoms with E-state index in [0.717, 1.165) is 19.4 Å². The molecule has 1 aromatic rings. The van der Waals surface area contributed by atoms with E-state index < -0.39 is 0 Å². The highest BCUT2D eigenvalue weighted by atomic mass is 16.2. The van der Waals surface area contributed by atoms with Crippen molar-refractivity contribution >= 4 is 5.91 Å². The molecule has 17 heavy (non-hydrogen) atoms. The Bertz CT molecular complexity index is 365. The Kier molecular flexibility index (Phi) is 3.68. The van der Waals surface area contributed by atoms with Gasteiger partial charge in [0.05, 0.1) is 0 Å². The molecule has 7 heteroatoms. The van der Waals surface area contributed by atoms with Crippen molar-refractivity contribution in [3.63, 3.8) is 0 Å². The fraction of sp³-hybridized carbons (Fsp3) is 0.800. The highest BCUT2D eigenvalue weighted by Gasteiger charge is 2.30. The molecule has 2 rings (SSSR count). The van der Waals surface area contributed by atoms with E-state index in [0.29, 0.717) is 12.5 Å². The van der Waals surface area contributed by atoms with Gasteiger partial charge in [0.15, 0.2) is 0 Å². The van der Waals surface area contributed by atoms with Crippen LogP contribution in [0.2, 0.25) is 0 Å². The van der Waals surface area contributed by atoms with Crippen LogP contribution in [0.25, 0.3) is 0 Å². The maximum atomic E-state index is 12.1. The van der Waals surface area contributed by atoms with E-state index in [1.54, 1.807) is 0 Å². The minimum absolute atomic E-state index is 0.0410. The fourth-order valence-corrected chi connectivity index (χ4v) is 2.40. The summed E-state index contributed by atoms with van der Waals surface area (Å²) in [5.74, 6) is 0.505. The molecule has 0 saturated carbocycles. The summed E-state index contributed by atoms with van der Waals surface area (Å²) in [7, 11) is 0. The van der Waals surface area contributed by atoms with Gasteiger partial charge in [-0.2, -0.15) is 0 Å². The maximum absolute atomic E-state index is 12.1. The normalized spacial score (nSPS) is 24.9. The largest absolute Gasteiger partial charge is 0.337 e. The number of amides is 1. The maximum Gasteiger partial charge on any atom is 0.244 e. The molecular formula is C10H18N6O. The molecule has 1 saturated heterocycles. The smallest absolute Gasteiger partial charge is 0.244 e. The Morgan fingerprint density at radius 1 is 1.59 bits per heavy atom. The molecule has 0 aromatic carbocycles. The Morgan fingerprint density at radius 2 is 2.41 bits per heavy atom. The van der Waals surface area contributed by atoms with Crippen LogP contribution in [0.1, 0.15) is 19.8 Å². The van der Waals surface area contributed by atoms with Crippen molar-refractivity contribution in [1.29, 1.82) is 0 Å². The molecule has 2 N–H and O–H groups in total. The molecular weight excluding hydrogens is 220 g/mol. The number of rotatable bonds is 3. The summed E-state index contributed by atoms with van der Waals surface area (Å²) in [6, 6.07) is 0.146. The topological polar surface area (TPSA) is 89.9 Å². The second-order valence-corrected chi connectivity index (χ2v) is 4.52. The van der Waals surface area contributed by atoms with Gasteiger partial charge in [-0.15, -0.1) is 5.10 Å². The van der Waals surface area contributed by atoms with E-state index in [9.17, 15) is 4.79 Å². The van der Waals surface area contributed by atoms with Crippen molar-refractivity contribution in [1.82, 2.24) is 25.1 Å². The first-order valence-electron chi connectivity index (χ1n) is 5.92. The van der Waals surface area contributed by atoms with Crippen LogP contribution in [0.4, 0.5) is 0 Å². The number of hydrogen-bond donors (Lipinski definition) is 1. The first kappa shape index (κ1) is 12.0. The van der Waals surface area contributed by atoms with Crippen molar-refractivity contribution in [2.75, 3.05) is 13.1 Å². The summed E-state index contributed by atoms with van der Waals surface area (Å²) in [6.07, 6.45) is 3.62. The molecule has 1 fully saturated rings. The first-order valence-corrected chi connectivity index (χ1v) is 5.92. The number of tetrazole rings is 1. The number of nitrogens with zero attached hydrogens (tertiary/aromatic N) is 5. The average molecular weight is 238 g/mol. The van der Waals surface area contributed by atoms with Gasteiger partial charge in [-0.05, 0) is 29.2 Å². The summed E-state index contributed by atoms with van der Waals surface area (Å²) in [5.41, 5.74) is 5.75. The summed E-state index contributed by atoms with van der Waals surface area (Å²) >= 11 is 0. The van der Waals surface area contributed by atoms with Crippen molar-refractivity contribution in [2.45, 2.75) is 32.4 Å². The Morgan fingerprint density at radius 3 is 3.06 bits per heavy atom. The molecule has 0 radical (unpaired) electrons. The van der Waals surface area contributed by atoms with E-state index in [-0.39, 0.29) is 18.5 Å². The minimum Gasteiger partial charge on any atom is -0.337 e. The number of piperidine rings is 1. The average Bonchev–Trinajstić information content (AvgIpc) is 2.81. The zero-order chi connectivity index (χ0) is 12.3. The van der Waals surface area contributed by atoms with Gasteiger partial charge in [-0.1, -0.05) is 6.92 Å². The van der Waals surface area contributed by atoms with Gasteiger partial charge in [0.1, 0.15) is 12.9 Å². The number of aromatic nitrogens is 4. The minimum atomic E-state index is 0.0410. The van der Waals surface area contributed by atoms with E-state index in [1.165, 1.54) is 11.0 Å². The van der Waals surface area contributed by atoms with Gasteiger partial charge in [0, 0.05) is 19.1 Å². The standard InChI is InChI=1S/C10H18N6O/c1-8-3-2-4-16(9(8)5-11)10(17)6-15-7-12-13-14-15/h7-9H,2-6,11H2,1H3. The van der Waals surface area contributed by atoms with Gasteiger partial charge >= 0.3 is 0 Å². The second-order valence-electron chi connectivity index (χ2n) is 4.52. The summed E-state index contributed by atoms with van der Waals surface area (Å²) in [4.78, 5) is 14.0. The number of likely N-dealkylation sites (tertiary alicyclic amines) is 1. The molecule has 1 aliphatic heterocycles. The summed E-state index contributed by atoms with van der Waals surface area (Å²) < 4.78 is 1.44. The van der Waals surface area contributed by atoms with E-state index in [2.05, 4.69) is 22.4 Å². The molecule has 0 bridgehead atoms. The van der Waals surface area contributed by atoms with Gasteiger partial charge in [-0.25, -0.2) is 4.68 Å². The fourth-order valence-electron chi connectivity index (χ4n) is 2.40. The lowest BCUT2D eigenvalue weighted by atomic mass is 9.91. The van der Waals surface area contributed by atoms with Crippen LogP contribution in [0.3, 0.4) is 0 Å². The van der Waals surface area contributed by atoms with Gasteiger partial charge < -0.3 is 10.6 Å². The summed E-state index contributed by atoms with van der Waals surface area (Å²) in [5, 5.41) is 10.7. The van der Waals surface area contributed by atoms with Crippen molar-refractivity contribution in [3.8, 4) is 0 Å². The Hall–Kier alpha value is -1.50. The first-order chi connectivity index (χ1) is 8.22. The SMILES string of the molecule is CC1CCCN(C(=O)Cn2cnnn2)C1CN. The van der Waals surface area contributed by atoms with Crippen molar-refractivity contribution in [2.24, 2.45) is 11.7 Å². The van der Waals surface area contributed by atoms with Crippen LogP contribution in [0, 0.1) is 5.92 Å². The second kappa shape index (κ2) is 5.22. The lowest BCUT2D eigenvalue weighted by Gasteiger charge is -2.39. The molecule has 2 heterocycles. The lowest BCUT2D eigenvalue weighted by Crippen LogP contribution is -2.52. The van der Waals surface area contributed by atoms with Gasteiger partial charge in [-0.3, -0.25) is 4.79 Å². The zero-order valence-corrected chi connectivity index (χ0v) is 9.99. The van der Waals surface area contributed by atoms with Crippen LogP contribution < -0.4 is 5.73 Å². The number of carbonyl (C=O) groups is 1. The Labute approximate surface area is 100.0 Å². The predicted molar refractivity (Wildman–Crippen MR) is 60.8 cm³/mol. The molecule has 94 valence electrons. The molecule has 2 atom stereocenters. The molecule has 1 amide bonds. The predicted octanol–water partition coefficient (Wildman–Crippen LogP) is -0.741. The third-order valence-electron chi connectivity index (χ3n) is 3.37. The van der Waals surface area contributed by atoms with E-state index >= 15 is 0 Å². The number of carbonyl (C=O) groups excluding carboxylic acids is 1. The van der Waals surface area contributed by atoms with Crippen molar-refractivity contribution in [3.05, 3.63) is 6.33 Å². The monoisotopic (exact) mass is 238 g/mol. The summed E-state index contributed by atoms with van der Waals surface area (Å²) in [6.45, 7) is 3.64. The highest BCUT2D eigenvalue weighted by Crippen LogP contribution is 2.22. The third kappa shape index (κ3) is 2.60. The highest BCUT2D eigenvalue weighted by molar-refractivity contribution is 5.76. The quantitative estimate of drug-likeness (QED) is 0.749. The van der Waals surface area contributed by atoms with E-state index in [1.807, 2.05) is 4.90 Å². The van der Waals surface area contributed by atoms with Crippen LogP contribution in [0.5, 0.6) is 0 Å². The van der Waals surface area contributed by atoms with E-state index in [4.69, 9.17) is 5.73 Å². The van der Waals surface area contributed by atoms with Crippen LogP contribution in [0.15, 0.2) is 6.33 Å². The zero-order valence-electron chi connectivity index (χ0n) is 9.99. The third-order valence-corrected chi connectivity index (χ3v) is 3.37. The van der Waals surface area contributed by atoms with Crippen LogP contribution in [-0.4, -0.2) is 50.1 Å². The number of nitrogens with two attached hydrogens (primary N) is 1.